The fourth-order valence-corrected chi connectivity index (χ4v) is 2.96. The van der Waals surface area contributed by atoms with E-state index in [4.69, 9.17) is 0 Å². The molecule has 11 heteroatoms. The second kappa shape index (κ2) is 7.15. The summed E-state index contributed by atoms with van der Waals surface area (Å²) < 4.78 is 28.1. The van der Waals surface area contributed by atoms with Crippen molar-refractivity contribution in [3.63, 3.8) is 0 Å². The molecule has 1 unspecified atom stereocenters. The van der Waals surface area contributed by atoms with Crippen LogP contribution in [0.2, 0.25) is 0 Å². The fourth-order valence-electron chi connectivity index (χ4n) is 2.96. The molecular weight excluding hydrogens is 380 g/mol. The molecule has 0 aromatic carbocycles. The zero-order valence-electron chi connectivity index (χ0n) is 16.0. The average Bonchev–Trinajstić information content (AvgIpc) is 3.31. The number of nitrogens with one attached hydrogen (secondary N) is 3. The van der Waals surface area contributed by atoms with Gasteiger partial charge >= 0.3 is 0 Å². The van der Waals surface area contributed by atoms with Gasteiger partial charge in [-0.15, -0.1) is 5.10 Å². The topological polar surface area (TPSA) is 121 Å². The Morgan fingerprint density at radius 1 is 1.17 bits per heavy atom. The molecule has 4 aromatic heterocycles. The van der Waals surface area contributed by atoms with E-state index in [0.717, 1.165) is 12.4 Å². The van der Waals surface area contributed by atoms with Gasteiger partial charge in [-0.3, -0.25) is 0 Å². The normalized spacial score (nSPS) is 13.0. The number of nitrogens with zero attached hydrogens (tertiary/aromatic N) is 6. The van der Waals surface area contributed by atoms with Crippen molar-refractivity contribution < 1.29 is 8.78 Å². The molecule has 0 amide bonds. The Labute approximate surface area is 164 Å². The highest BCUT2D eigenvalue weighted by molar-refractivity contribution is 5.91. The molecule has 0 aliphatic heterocycles. The number of rotatable bonds is 5. The van der Waals surface area contributed by atoms with Gasteiger partial charge in [-0.25, -0.2) is 28.8 Å². The van der Waals surface area contributed by atoms with E-state index < -0.39 is 11.6 Å². The van der Waals surface area contributed by atoms with Crippen molar-refractivity contribution >= 4 is 16.9 Å². The highest BCUT2D eigenvalue weighted by Gasteiger charge is 2.28. The maximum Gasteiger partial charge on any atom is 0.183 e. The Morgan fingerprint density at radius 3 is 2.72 bits per heavy atom. The van der Waals surface area contributed by atoms with Crippen LogP contribution in [-0.4, -0.2) is 46.6 Å². The highest BCUT2D eigenvalue weighted by Crippen LogP contribution is 2.29. The lowest BCUT2D eigenvalue weighted by Crippen LogP contribution is -2.37. The summed E-state index contributed by atoms with van der Waals surface area (Å²) in [6.45, 7) is 6.05. The van der Waals surface area contributed by atoms with Crippen molar-refractivity contribution in [2.75, 3.05) is 5.32 Å². The molecule has 150 valence electrons. The minimum Gasteiger partial charge on any atom is -0.364 e. The molecule has 0 saturated heterocycles. The summed E-state index contributed by atoms with van der Waals surface area (Å²) in [5.74, 6) is -0.206. The number of hydrogen-bond donors (Lipinski definition) is 3. The minimum absolute atomic E-state index is 0.0427. The standard InChI is InChI=1S/C18H19F2N9/c1-18(2,3)13(5-14-26-28-29-27-14)24-17-12(20)8-23-16(25-17)11-7-22-15-10(11)4-9(19)6-21-15/h4,6-8,13H,5H2,1-3H3,(H,21,22)(H,23,24,25)(H,26,27,28,29). The Morgan fingerprint density at radius 2 is 2.00 bits per heavy atom. The number of tetrazole rings is 1. The number of hydrogen-bond acceptors (Lipinski definition) is 7. The van der Waals surface area contributed by atoms with Crippen molar-refractivity contribution in [3.8, 4) is 11.4 Å². The van der Waals surface area contributed by atoms with Crippen molar-refractivity contribution in [2.24, 2.45) is 5.41 Å². The first-order chi connectivity index (χ1) is 13.8. The summed E-state index contributed by atoms with van der Waals surface area (Å²) >= 11 is 0. The predicted molar refractivity (Wildman–Crippen MR) is 102 cm³/mol. The molecule has 0 bridgehead atoms. The Balaban J connectivity index is 1.69. The van der Waals surface area contributed by atoms with Crippen LogP contribution in [0.15, 0.2) is 24.7 Å². The minimum atomic E-state index is -0.595. The maximum atomic E-state index is 14.5. The SMILES string of the molecule is CC(C)(C)C(Cc1nnn[nH]1)Nc1nc(-c2c[nH]c3ncc(F)cc23)ncc1F. The molecule has 0 fully saturated rings. The molecule has 4 aromatic rings. The van der Waals surface area contributed by atoms with E-state index >= 15 is 0 Å². The third kappa shape index (κ3) is 3.89. The Bertz CT molecular complexity index is 1130. The van der Waals surface area contributed by atoms with E-state index in [1.165, 1.54) is 6.07 Å². The van der Waals surface area contributed by atoms with Gasteiger partial charge in [0, 0.05) is 29.6 Å². The molecule has 29 heavy (non-hydrogen) atoms. The van der Waals surface area contributed by atoms with Crippen LogP contribution < -0.4 is 5.32 Å². The summed E-state index contributed by atoms with van der Waals surface area (Å²) in [6, 6.07) is 1.11. The first-order valence-corrected chi connectivity index (χ1v) is 8.96. The number of H-pyrrole nitrogens is 2. The van der Waals surface area contributed by atoms with Crippen LogP contribution in [0.4, 0.5) is 14.6 Å². The van der Waals surface area contributed by atoms with E-state index in [1.807, 2.05) is 20.8 Å². The molecule has 0 aliphatic carbocycles. The third-order valence-corrected chi connectivity index (χ3v) is 4.63. The van der Waals surface area contributed by atoms with Gasteiger partial charge in [0.1, 0.15) is 11.5 Å². The summed E-state index contributed by atoms with van der Waals surface area (Å²) in [7, 11) is 0. The van der Waals surface area contributed by atoms with Crippen LogP contribution in [0.25, 0.3) is 22.4 Å². The van der Waals surface area contributed by atoms with E-state index in [-0.39, 0.29) is 23.1 Å². The smallest absolute Gasteiger partial charge is 0.183 e. The highest BCUT2D eigenvalue weighted by atomic mass is 19.1. The van der Waals surface area contributed by atoms with Crippen LogP contribution in [0.1, 0.15) is 26.6 Å². The molecule has 0 saturated carbocycles. The molecular formula is C18H19F2N9. The van der Waals surface area contributed by atoms with Gasteiger partial charge in [0.05, 0.1) is 12.4 Å². The van der Waals surface area contributed by atoms with Gasteiger partial charge in [-0.2, -0.15) is 0 Å². The van der Waals surface area contributed by atoms with Crippen LogP contribution in [0.3, 0.4) is 0 Å². The Hall–Kier alpha value is -3.50. The largest absolute Gasteiger partial charge is 0.364 e. The van der Waals surface area contributed by atoms with Gasteiger partial charge in [-0.1, -0.05) is 20.8 Å². The summed E-state index contributed by atoms with van der Waals surface area (Å²) in [5, 5.41) is 17.4. The second-order valence-corrected chi connectivity index (χ2v) is 7.76. The van der Waals surface area contributed by atoms with Gasteiger partial charge in [0.15, 0.2) is 23.3 Å². The van der Waals surface area contributed by atoms with Crippen molar-refractivity contribution in [1.82, 2.24) is 40.6 Å². The fraction of sp³-hybridized carbons (Fsp3) is 0.333. The maximum absolute atomic E-state index is 14.5. The predicted octanol–water partition coefficient (Wildman–Crippen LogP) is 2.88. The lowest BCUT2D eigenvalue weighted by Gasteiger charge is -2.31. The number of halogens is 2. The molecule has 4 rings (SSSR count). The number of anilines is 1. The van der Waals surface area contributed by atoms with Gasteiger partial charge in [0.25, 0.3) is 0 Å². The van der Waals surface area contributed by atoms with E-state index in [9.17, 15) is 8.78 Å². The number of pyridine rings is 1. The molecule has 0 radical (unpaired) electrons. The lowest BCUT2D eigenvalue weighted by molar-refractivity contribution is 0.333. The quantitative estimate of drug-likeness (QED) is 0.472. The first kappa shape index (κ1) is 18.8. The third-order valence-electron chi connectivity index (χ3n) is 4.63. The molecule has 1 atom stereocenters. The zero-order valence-corrected chi connectivity index (χ0v) is 16.0. The lowest BCUT2D eigenvalue weighted by atomic mass is 9.84. The average molecular weight is 399 g/mol. The zero-order chi connectivity index (χ0) is 20.6. The van der Waals surface area contributed by atoms with Crippen LogP contribution in [0.5, 0.6) is 0 Å². The van der Waals surface area contributed by atoms with E-state index in [2.05, 4.69) is 45.9 Å². The van der Waals surface area contributed by atoms with Crippen molar-refractivity contribution in [1.29, 1.82) is 0 Å². The van der Waals surface area contributed by atoms with Crippen LogP contribution in [0, 0.1) is 17.0 Å². The summed E-state index contributed by atoms with van der Waals surface area (Å²) in [4.78, 5) is 15.4. The van der Waals surface area contributed by atoms with Gasteiger partial charge in [-0.05, 0) is 21.9 Å². The molecule has 3 N–H and O–H groups in total. The second-order valence-electron chi connectivity index (χ2n) is 7.76. The van der Waals surface area contributed by atoms with Gasteiger partial charge in [0.2, 0.25) is 0 Å². The van der Waals surface area contributed by atoms with Crippen molar-refractivity contribution in [3.05, 3.63) is 42.1 Å². The number of fused-ring (bicyclic) bond motifs is 1. The number of aromatic nitrogens is 8. The molecule has 0 aliphatic rings. The van der Waals surface area contributed by atoms with Gasteiger partial charge < -0.3 is 10.3 Å². The monoisotopic (exact) mass is 399 g/mol. The van der Waals surface area contributed by atoms with E-state index in [0.29, 0.717) is 28.8 Å². The molecule has 0 spiro atoms. The first-order valence-electron chi connectivity index (χ1n) is 8.96. The van der Waals surface area contributed by atoms with Crippen molar-refractivity contribution in [2.45, 2.75) is 33.2 Å². The van der Waals surface area contributed by atoms with Crippen LogP contribution >= 0.6 is 0 Å². The molecule has 9 nitrogen and oxygen atoms in total. The van der Waals surface area contributed by atoms with E-state index in [1.54, 1.807) is 6.20 Å². The van der Waals surface area contributed by atoms with Crippen LogP contribution in [-0.2, 0) is 6.42 Å². The number of aromatic amines is 2. The summed E-state index contributed by atoms with van der Waals surface area (Å²) in [6.07, 6.45) is 4.27. The molecule has 4 heterocycles. The summed E-state index contributed by atoms with van der Waals surface area (Å²) in [5.41, 5.74) is 0.772. The Kier molecular flexibility index (Phi) is 4.65.